The van der Waals surface area contributed by atoms with Crippen LogP contribution in [-0.4, -0.2) is 36.5 Å². The summed E-state index contributed by atoms with van der Waals surface area (Å²) in [5, 5.41) is 10.3. The van der Waals surface area contributed by atoms with Crippen LogP contribution in [0.4, 0.5) is 0 Å². The van der Waals surface area contributed by atoms with E-state index in [2.05, 4.69) is 26.0 Å². The molecule has 1 heterocycles. The van der Waals surface area contributed by atoms with Crippen molar-refractivity contribution in [1.82, 2.24) is 4.31 Å². The molecular formula is C21H35NO3S. The van der Waals surface area contributed by atoms with E-state index >= 15 is 0 Å². The lowest BCUT2D eigenvalue weighted by molar-refractivity contribution is 0.117. The van der Waals surface area contributed by atoms with Gasteiger partial charge in [-0.2, -0.15) is 4.31 Å². The lowest BCUT2D eigenvalue weighted by Crippen LogP contribution is -2.28. The molecule has 1 fully saturated rings. The van der Waals surface area contributed by atoms with E-state index in [4.69, 9.17) is 0 Å². The molecule has 26 heavy (non-hydrogen) atoms. The lowest BCUT2D eigenvalue weighted by atomic mass is 9.89. The van der Waals surface area contributed by atoms with Crippen LogP contribution < -0.4 is 0 Å². The van der Waals surface area contributed by atoms with Crippen molar-refractivity contribution in [3.63, 3.8) is 0 Å². The van der Waals surface area contributed by atoms with E-state index in [1.807, 2.05) is 41.5 Å². The highest BCUT2D eigenvalue weighted by Gasteiger charge is 2.50. The normalized spacial score (nSPS) is 21.9. The van der Waals surface area contributed by atoms with Gasteiger partial charge in [0, 0.05) is 6.54 Å². The van der Waals surface area contributed by atoms with E-state index < -0.39 is 16.1 Å². The first-order chi connectivity index (χ1) is 11.9. The van der Waals surface area contributed by atoms with Crippen molar-refractivity contribution < 1.29 is 13.5 Å². The van der Waals surface area contributed by atoms with Crippen LogP contribution in [0.2, 0.25) is 0 Å². The quantitative estimate of drug-likeness (QED) is 0.710. The lowest BCUT2D eigenvalue weighted by Gasteiger charge is -2.23. The molecule has 3 atom stereocenters. The molecule has 1 unspecified atom stereocenters. The molecule has 0 saturated carbocycles. The van der Waals surface area contributed by atoms with Crippen LogP contribution in [0.15, 0.2) is 17.0 Å². The molecule has 0 spiro atoms. The van der Waals surface area contributed by atoms with Gasteiger partial charge < -0.3 is 5.11 Å². The van der Waals surface area contributed by atoms with Crippen molar-refractivity contribution in [1.29, 1.82) is 0 Å². The minimum absolute atomic E-state index is 0.0395. The minimum Gasteiger partial charge on any atom is -0.391 e. The smallest absolute Gasteiger partial charge is 0.244 e. The Balaban J connectivity index is 2.61. The maximum Gasteiger partial charge on any atom is 0.244 e. The van der Waals surface area contributed by atoms with Gasteiger partial charge in [-0.05, 0) is 40.4 Å². The number of aliphatic hydroxyl groups excluding tert-OH is 1. The molecular weight excluding hydrogens is 346 g/mol. The summed E-state index contributed by atoms with van der Waals surface area (Å²) in [6.07, 6.45) is -0.621. The summed E-state index contributed by atoms with van der Waals surface area (Å²) in [7, 11) is -3.61. The third kappa shape index (κ3) is 4.00. The van der Waals surface area contributed by atoms with Crippen molar-refractivity contribution in [2.24, 2.45) is 5.92 Å². The second-order valence-corrected chi connectivity index (χ2v) is 10.7. The third-order valence-electron chi connectivity index (χ3n) is 5.33. The molecule has 5 heteroatoms. The van der Waals surface area contributed by atoms with E-state index in [1.54, 1.807) is 0 Å². The molecule has 4 nitrogen and oxygen atoms in total. The fourth-order valence-electron chi connectivity index (χ4n) is 3.44. The molecule has 1 aliphatic heterocycles. The van der Waals surface area contributed by atoms with E-state index in [9.17, 15) is 13.5 Å². The van der Waals surface area contributed by atoms with Crippen LogP contribution in [-0.2, 0) is 10.0 Å². The van der Waals surface area contributed by atoms with Crippen LogP contribution in [0.5, 0.6) is 0 Å². The number of nitrogens with zero attached hydrogens (tertiary/aromatic N) is 1. The summed E-state index contributed by atoms with van der Waals surface area (Å²) in [4.78, 5) is 0.463. The fourth-order valence-corrected chi connectivity index (χ4v) is 5.69. The van der Waals surface area contributed by atoms with Gasteiger partial charge in [0.15, 0.2) is 0 Å². The molecule has 0 amide bonds. The highest BCUT2D eigenvalue weighted by atomic mass is 32.2. The maximum absolute atomic E-state index is 13.5. The Kier molecular flexibility index (Phi) is 6.26. The van der Waals surface area contributed by atoms with Gasteiger partial charge in [0.25, 0.3) is 0 Å². The van der Waals surface area contributed by atoms with Crippen LogP contribution in [0, 0.1) is 5.92 Å². The Morgan fingerprint density at radius 3 is 1.73 bits per heavy atom. The zero-order chi connectivity index (χ0) is 20.0. The zero-order valence-electron chi connectivity index (χ0n) is 17.4. The standard InChI is InChI=1S/C21H35NO3S/c1-12(2)16-9-17(13(3)4)21(18(10-16)14(5)6)26(24,25)22-11-19(22)20(23)15(7)8/h9-10,12-15,19-20,23H,11H2,1-8H3/t19-,20+,22?/m0/s1. The topological polar surface area (TPSA) is 57.4 Å². The van der Waals surface area contributed by atoms with Gasteiger partial charge >= 0.3 is 0 Å². The van der Waals surface area contributed by atoms with Gasteiger partial charge in [0.2, 0.25) is 10.0 Å². The molecule has 1 aromatic carbocycles. The second-order valence-electron chi connectivity index (χ2n) is 8.87. The number of hydrogen-bond donors (Lipinski definition) is 1. The molecule has 2 rings (SSSR count). The van der Waals surface area contributed by atoms with E-state index in [-0.39, 0.29) is 23.8 Å². The molecule has 1 N–H and O–H groups in total. The molecule has 0 radical (unpaired) electrons. The van der Waals surface area contributed by atoms with Crippen LogP contribution in [0.25, 0.3) is 0 Å². The van der Waals surface area contributed by atoms with E-state index in [0.29, 0.717) is 17.4 Å². The Hall–Kier alpha value is -0.910. The average molecular weight is 382 g/mol. The molecule has 1 aromatic rings. The highest BCUT2D eigenvalue weighted by Crippen LogP contribution is 2.40. The molecule has 0 aliphatic carbocycles. The van der Waals surface area contributed by atoms with Gasteiger partial charge in [0.1, 0.15) is 0 Å². The molecule has 148 valence electrons. The fraction of sp³-hybridized carbons (Fsp3) is 0.714. The van der Waals surface area contributed by atoms with Crippen molar-refractivity contribution >= 4 is 10.0 Å². The zero-order valence-corrected chi connectivity index (χ0v) is 18.3. The van der Waals surface area contributed by atoms with Crippen LogP contribution >= 0.6 is 0 Å². The highest BCUT2D eigenvalue weighted by molar-refractivity contribution is 7.89. The summed E-state index contributed by atoms with van der Waals surface area (Å²) in [6, 6.07) is 3.82. The van der Waals surface area contributed by atoms with E-state index in [1.165, 1.54) is 9.87 Å². The predicted molar refractivity (Wildman–Crippen MR) is 107 cm³/mol. The first-order valence-corrected chi connectivity index (χ1v) is 11.2. The Labute approximate surface area is 159 Å². The Morgan fingerprint density at radius 2 is 1.38 bits per heavy atom. The molecule has 1 saturated heterocycles. The van der Waals surface area contributed by atoms with Crippen LogP contribution in [0.1, 0.15) is 89.8 Å². The van der Waals surface area contributed by atoms with E-state index in [0.717, 1.165) is 11.1 Å². The van der Waals surface area contributed by atoms with Crippen molar-refractivity contribution in [3.8, 4) is 0 Å². The Bertz CT molecular complexity index is 722. The minimum atomic E-state index is -3.61. The van der Waals surface area contributed by atoms with Gasteiger partial charge in [-0.25, -0.2) is 8.42 Å². The van der Waals surface area contributed by atoms with Crippen molar-refractivity contribution in [3.05, 3.63) is 28.8 Å². The van der Waals surface area contributed by atoms with Crippen LogP contribution in [0.3, 0.4) is 0 Å². The number of hydrogen-bond acceptors (Lipinski definition) is 3. The second kappa shape index (κ2) is 7.61. The Morgan fingerprint density at radius 1 is 0.923 bits per heavy atom. The third-order valence-corrected chi connectivity index (χ3v) is 7.35. The van der Waals surface area contributed by atoms with Gasteiger partial charge in [-0.15, -0.1) is 0 Å². The number of benzene rings is 1. The van der Waals surface area contributed by atoms with Crippen molar-refractivity contribution in [2.75, 3.05) is 6.54 Å². The molecule has 0 bridgehead atoms. The van der Waals surface area contributed by atoms with Gasteiger partial charge in [-0.1, -0.05) is 67.5 Å². The van der Waals surface area contributed by atoms with Gasteiger partial charge in [0.05, 0.1) is 17.0 Å². The molecule has 0 aromatic heterocycles. The predicted octanol–water partition coefficient (Wildman–Crippen LogP) is 4.45. The first-order valence-electron chi connectivity index (χ1n) is 9.77. The average Bonchev–Trinajstić information content (AvgIpc) is 3.33. The maximum atomic E-state index is 13.5. The largest absolute Gasteiger partial charge is 0.391 e. The number of sulfonamides is 1. The summed E-state index contributed by atoms with van der Waals surface area (Å²) in [6.45, 7) is 16.7. The first kappa shape index (κ1) is 21.4. The SMILES string of the molecule is CC(C)c1cc(C(C)C)c(S(=O)(=O)N2C[C@H]2[C@H](O)C(C)C)c(C(C)C)c1. The summed E-state index contributed by atoms with van der Waals surface area (Å²) in [5.41, 5.74) is 2.97. The number of aliphatic hydroxyl groups is 1. The number of rotatable bonds is 7. The van der Waals surface area contributed by atoms with Crippen molar-refractivity contribution in [2.45, 2.75) is 90.2 Å². The monoisotopic (exact) mass is 381 g/mol. The van der Waals surface area contributed by atoms with Gasteiger partial charge in [-0.3, -0.25) is 0 Å². The summed E-state index contributed by atoms with van der Waals surface area (Å²) >= 11 is 0. The molecule has 1 aliphatic rings. The summed E-state index contributed by atoms with van der Waals surface area (Å²) < 4.78 is 28.4. The summed E-state index contributed by atoms with van der Waals surface area (Å²) in [5.74, 6) is 0.616.